The van der Waals surface area contributed by atoms with Crippen LogP contribution in [0.2, 0.25) is 0 Å². The lowest BCUT2D eigenvalue weighted by Gasteiger charge is -2.31. The predicted molar refractivity (Wildman–Crippen MR) is 121 cm³/mol. The Labute approximate surface area is 176 Å². The van der Waals surface area contributed by atoms with Crippen LogP contribution in [-0.4, -0.2) is 67.1 Å². The maximum absolute atomic E-state index is 9.40. The first-order chi connectivity index (χ1) is 14.2. The summed E-state index contributed by atoms with van der Waals surface area (Å²) in [6.45, 7) is 5.59. The molecule has 3 N–H and O–H groups in total. The van der Waals surface area contributed by atoms with Gasteiger partial charge in [-0.3, -0.25) is 0 Å². The zero-order valence-corrected chi connectivity index (χ0v) is 18.1. The van der Waals surface area contributed by atoms with Crippen LogP contribution in [0.3, 0.4) is 0 Å². The second kappa shape index (κ2) is 11.5. The van der Waals surface area contributed by atoms with E-state index >= 15 is 0 Å². The molecule has 0 aliphatic carbocycles. The number of anilines is 2. The molecule has 1 aromatic rings. The molecule has 3 heterocycles. The Morgan fingerprint density at radius 1 is 1.14 bits per heavy atom. The van der Waals surface area contributed by atoms with Crippen molar-refractivity contribution in [3.8, 4) is 0 Å². The number of aliphatic hydroxyl groups is 1. The van der Waals surface area contributed by atoms with E-state index in [1.54, 1.807) is 0 Å². The Bertz CT molecular complexity index is 642. The molecule has 0 radical (unpaired) electrons. The first-order valence-electron chi connectivity index (χ1n) is 11.6. The lowest BCUT2D eigenvalue weighted by atomic mass is 9.98. The molecule has 0 saturated carbocycles. The normalized spacial score (nSPS) is 21.4. The Morgan fingerprint density at radius 3 is 2.62 bits per heavy atom. The van der Waals surface area contributed by atoms with Crippen molar-refractivity contribution in [3.05, 3.63) is 17.7 Å². The van der Waals surface area contributed by atoms with Crippen LogP contribution in [0.15, 0.2) is 12.1 Å². The highest BCUT2D eigenvalue weighted by Crippen LogP contribution is 2.23. The molecular weight excluding hydrogens is 362 g/mol. The van der Waals surface area contributed by atoms with Gasteiger partial charge in [0.2, 0.25) is 0 Å². The Balaban J connectivity index is 1.55. The number of likely N-dealkylation sites (tertiary alicyclic amines) is 1. The van der Waals surface area contributed by atoms with E-state index in [1.807, 2.05) is 7.05 Å². The van der Waals surface area contributed by atoms with Crippen LogP contribution in [0, 0.1) is 11.3 Å². The van der Waals surface area contributed by atoms with Crippen molar-refractivity contribution in [1.82, 2.24) is 9.88 Å². The zero-order chi connectivity index (χ0) is 20.5. The van der Waals surface area contributed by atoms with Crippen LogP contribution in [0.4, 0.5) is 11.6 Å². The predicted octanol–water partition coefficient (Wildman–Crippen LogP) is 3.75. The minimum absolute atomic E-state index is 0.298. The summed E-state index contributed by atoms with van der Waals surface area (Å²) in [5.41, 5.74) is 1.59. The van der Waals surface area contributed by atoms with Crippen LogP contribution >= 0.6 is 0 Å². The lowest BCUT2D eigenvalue weighted by molar-refractivity contribution is 0.120. The summed E-state index contributed by atoms with van der Waals surface area (Å²) in [5.74, 6) is 2.29. The van der Waals surface area contributed by atoms with Crippen molar-refractivity contribution in [2.24, 2.45) is 5.92 Å². The number of pyridine rings is 1. The van der Waals surface area contributed by atoms with Gasteiger partial charge in [-0.25, -0.2) is 4.98 Å². The standard InChI is InChI=1S/C23H39N5O/c1-25-23-20(11-12-22(26-23)28-15-5-3-2-4-6-16-28)21(24)10-8-14-27-13-7-9-19(17-27)18-29/h11-12,19,24,29H,2-10,13-18H2,1H3,(H,25,26). The molecule has 29 heavy (non-hydrogen) atoms. The fourth-order valence-corrected chi connectivity index (χ4v) is 4.65. The van der Waals surface area contributed by atoms with Crippen LogP contribution in [0.25, 0.3) is 0 Å². The summed E-state index contributed by atoms with van der Waals surface area (Å²) in [4.78, 5) is 9.71. The molecule has 1 atom stereocenters. The molecular formula is C23H39N5O. The molecule has 162 valence electrons. The van der Waals surface area contributed by atoms with E-state index in [1.165, 1.54) is 38.5 Å². The van der Waals surface area contributed by atoms with Gasteiger partial charge in [-0.1, -0.05) is 19.3 Å². The van der Waals surface area contributed by atoms with Crippen molar-refractivity contribution >= 4 is 17.3 Å². The van der Waals surface area contributed by atoms with Gasteiger partial charge < -0.3 is 25.6 Å². The molecule has 2 aliphatic heterocycles. The van der Waals surface area contributed by atoms with Crippen LogP contribution in [-0.2, 0) is 0 Å². The molecule has 2 aliphatic rings. The number of rotatable bonds is 8. The summed E-state index contributed by atoms with van der Waals surface area (Å²) in [6.07, 6.45) is 10.5. The van der Waals surface area contributed by atoms with Gasteiger partial charge in [-0.15, -0.1) is 0 Å². The molecule has 2 saturated heterocycles. The van der Waals surface area contributed by atoms with Crippen molar-refractivity contribution in [2.75, 3.05) is 56.6 Å². The van der Waals surface area contributed by atoms with Gasteiger partial charge in [-0.05, 0) is 69.7 Å². The molecule has 2 fully saturated rings. The Morgan fingerprint density at radius 2 is 1.90 bits per heavy atom. The third-order valence-corrected chi connectivity index (χ3v) is 6.38. The van der Waals surface area contributed by atoms with Crippen LogP contribution < -0.4 is 10.2 Å². The highest BCUT2D eigenvalue weighted by Gasteiger charge is 2.19. The van der Waals surface area contributed by atoms with E-state index < -0.39 is 0 Å². The number of piperidine rings is 1. The smallest absolute Gasteiger partial charge is 0.137 e. The number of aromatic nitrogens is 1. The monoisotopic (exact) mass is 401 g/mol. The number of nitrogens with one attached hydrogen (secondary N) is 2. The fourth-order valence-electron chi connectivity index (χ4n) is 4.65. The number of aliphatic hydroxyl groups excluding tert-OH is 1. The highest BCUT2D eigenvalue weighted by atomic mass is 16.3. The first-order valence-corrected chi connectivity index (χ1v) is 11.6. The van der Waals surface area contributed by atoms with Gasteiger partial charge >= 0.3 is 0 Å². The molecule has 1 aromatic heterocycles. The summed E-state index contributed by atoms with van der Waals surface area (Å²) in [6, 6.07) is 4.18. The second-order valence-electron chi connectivity index (χ2n) is 8.64. The van der Waals surface area contributed by atoms with Crippen molar-refractivity contribution < 1.29 is 5.11 Å². The summed E-state index contributed by atoms with van der Waals surface area (Å²) >= 11 is 0. The third kappa shape index (κ3) is 6.41. The van der Waals surface area contributed by atoms with E-state index in [9.17, 15) is 5.11 Å². The van der Waals surface area contributed by atoms with E-state index in [0.717, 1.165) is 69.2 Å². The molecule has 0 spiro atoms. The summed E-state index contributed by atoms with van der Waals surface area (Å²) in [5, 5.41) is 21.2. The molecule has 0 bridgehead atoms. The van der Waals surface area contributed by atoms with Crippen LogP contribution in [0.5, 0.6) is 0 Å². The largest absolute Gasteiger partial charge is 0.396 e. The lowest BCUT2D eigenvalue weighted by Crippen LogP contribution is -2.37. The Hall–Kier alpha value is -1.66. The Kier molecular flexibility index (Phi) is 8.74. The van der Waals surface area contributed by atoms with Gasteiger partial charge in [0, 0.05) is 44.6 Å². The summed E-state index contributed by atoms with van der Waals surface area (Å²) < 4.78 is 0. The van der Waals surface area contributed by atoms with Gasteiger partial charge in [0.25, 0.3) is 0 Å². The van der Waals surface area contributed by atoms with Gasteiger partial charge in [0.1, 0.15) is 11.6 Å². The molecule has 0 aromatic carbocycles. The number of nitrogens with zero attached hydrogens (tertiary/aromatic N) is 3. The summed E-state index contributed by atoms with van der Waals surface area (Å²) in [7, 11) is 1.90. The topological polar surface area (TPSA) is 75.5 Å². The maximum atomic E-state index is 9.40. The molecule has 1 unspecified atom stereocenters. The molecule has 6 heteroatoms. The van der Waals surface area contributed by atoms with E-state index in [-0.39, 0.29) is 0 Å². The fraction of sp³-hybridized carbons (Fsp3) is 0.739. The average Bonchev–Trinajstić information content (AvgIpc) is 2.73. The average molecular weight is 402 g/mol. The van der Waals surface area contributed by atoms with E-state index in [0.29, 0.717) is 18.2 Å². The quantitative estimate of drug-likeness (QED) is 0.579. The molecule has 6 nitrogen and oxygen atoms in total. The third-order valence-electron chi connectivity index (χ3n) is 6.38. The number of hydrogen-bond acceptors (Lipinski definition) is 6. The van der Waals surface area contributed by atoms with E-state index in [2.05, 4.69) is 27.2 Å². The van der Waals surface area contributed by atoms with Crippen molar-refractivity contribution in [3.63, 3.8) is 0 Å². The van der Waals surface area contributed by atoms with Crippen LogP contribution in [0.1, 0.15) is 63.4 Å². The zero-order valence-electron chi connectivity index (χ0n) is 18.1. The second-order valence-corrected chi connectivity index (χ2v) is 8.64. The van der Waals surface area contributed by atoms with Crippen molar-refractivity contribution in [1.29, 1.82) is 5.41 Å². The highest BCUT2D eigenvalue weighted by molar-refractivity contribution is 6.02. The van der Waals surface area contributed by atoms with Gasteiger partial charge in [0.15, 0.2) is 0 Å². The van der Waals surface area contributed by atoms with Crippen molar-refractivity contribution in [2.45, 2.75) is 57.8 Å². The first kappa shape index (κ1) is 22.0. The minimum atomic E-state index is 0.298. The molecule has 0 amide bonds. The maximum Gasteiger partial charge on any atom is 0.137 e. The van der Waals surface area contributed by atoms with Gasteiger partial charge in [0.05, 0.1) is 0 Å². The van der Waals surface area contributed by atoms with Gasteiger partial charge in [-0.2, -0.15) is 0 Å². The van der Waals surface area contributed by atoms with E-state index in [4.69, 9.17) is 10.4 Å². The SMILES string of the molecule is CNc1nc(N2CCCCCCC2)ccc1C(=N)CCCN1CCCC(CO)C1. The minimum Gasteiger partial charge on any atom is -0.396 e. The number of hydrogen-bond donors (Lipinski definition) is 3. The molecule has 3 rings (SSSR count).